The quantitative estimate of drug-likeness (QED) is 0.0865. The van der Waals surface area contributed by atoms with E-state index in [1.54, 1.807) is 23.7 Å². The Bertz CT molecular complexity index is 2500. The van der Waals surface area contributed by atoms with Gasteiger partial charge in [0.1, 0.15) is 28.6 Å². The Hall–Kier alpha value is -5.45. The molecule has 5 aromatic rings. The maximum atomic E-state index is 13.1. The third-order valence-corrected chi connectivity index (χ3v) is 15.1. The van der Waals surface area contributed by atoms with Crippen molar-refractivity contribution in [1.29, 1.82) is 0 Å². The molecule has 3 aromatic carbocycles. The highest BCUT2D eigenvalue weighted by atomic mass is 32.2. The van der Waals surface area contributed by atoms with Gasteiger partial charge < -0.3 is 29.3 Å². The van der Waals surface area contributed by atoms with Gasteiger partial charge in [-0.2, -0.15) is 0 Å². The summed E-state index contributed by atoms with van der Waals surface area (Å²) >= 11 is 1.75. The summed E-state index contributed by atoms with van der Waals surface area (Å²) in [5.41, 5.74) is 7.47. The number of carbonyl (C=O) groups is 2. The number of fused-ring (bicyclic) bond motifs is 2. The molecule has 2 aromatic heterocycles. The standard InChI is InChI=1S/C51H66N10O5S/c1-6-65-49(62)30-42(38-27-44-50(46(28-38)64-5)57(4)56-54-44)37-13-12-34(2)39(26-37)33-61-31-35(3)66-45-29-41(14-16-47(45)67-61)59-24-22-58(23-25-59)32-36-18-20-60(21-19-36)48-17-15-43(53-55-48)51(63)52-40-10-8-7-9-11-40/h12-17,26-29,35-36,40,42H,6-11,18-25,30-33H2,1-5H3,(H,52,63). The number of rotatable bonds is 14. The average molecular weight is 931 g/mol. The Morgan fingerprint density at radius 3 is 2.43 bits per heavy atom. The first-order valence-electron chi connectivity index (χ1n) is 24.3. The minimum Gasteiger partial charge on any atom is -0.494 e. The van der Waals surface area contributed by atoms with Crippen molar-refractivity contribution in [3.63, 3.8) is 0 Å². The van der Waals surface area contributed by atoms with Crippen LogP contribution >= 0.6 is 11.9 Å². The third-order valence-electron chi connectivity index (χ3n) is 14.1. The first-order chi connectivity index (χ1) is 32.6. The van der Waals surface area contributed by atoms with Crippen molar-refractivity contribution in [2.75, 3.05) is 75.9 Å². The van der Waals surface area contributed by atoms with Crippen molar-refractivity contribution >= 4 is 46.4 Å². The van der Waals surface area contributed by atoms with E-state index in [1.165, 1.54) is 36.1 Å². The minimum absolute atomic E-state index is 0.0117. The van der Waals surface area contributed by atoms with Gasteiger partial charge in [0, 0.05) is 89.7 Å². The molecule has 16 heteroatoms. The van der Waals surface area contributed by atoms with Gasteiger partial charge in [0.2, 0.25) is 0 Å². The number of anilines is 2. The monoisotopic (exact) mass is 930 g/mol. The van der Waals surface area contributed by atoms with Crippen LogP contribution in [0.3, 0.4) is 0 Å². The highest BCUT2D eigenvalue weighted by molar-refractivity contribution is 7.97. The van der Waals surface area contributed by atoms with Gasteiger partial charge in [-0.25, -0.2) is 8.99 Å². The van der Waals surface area contributed by atoms with Crippen LogP contribution in [0.2, 0.25) is 0 Å². The number of amides is 1. The Balaban J connectivity index is 0.789. The van der Waals surface area contributed by atoms with Crippen LogP contribution in [0.15, 0.2) is 65.6 Å². The van der Waals surface area contributed by atoms with E-state index in [9.17, 15) is 9.59 Å². The normalized spacial score (nSPS) is 19.4. The number of esters is 1. The molecule has 0 radical (unpaired) electrons. The molecule has 9 rings (SSSR count). The molecule has 2 saturated heterocycles. The number of nitrogens with one attached hydrogen (secondary N) is 1. The topological polar surface area (TPSA) is 143 Å². The predicted octanol–water partition coefficient (Wildman–Crippen LogP) is 7.55. The summed E-state index contributed by atoms with van der Waals surface area (Å²) in [6, 6.07) is 21.3. The van der Waals surface area contributed by atoms with Crippen LogP contribution in [0.4, 0.5) is 11.5 Å². The van der Waals surface area contributed by atoms with Gasteiger partial charge in [0.05, 0.1) is 25.0 Å². The van der Waals surface area contributed by atoms with Crippen LogP contribution in [0.5, 0.6) is 11.5 Å². The summed E-state index contributed by atoms with van der Waals surface area (Å²) in [5.74, 6) is 2.48. The highest BCUT2D eigenvalue weighted by Crippen LogP contribution is 2.41. The Morgan fingerprint density at radius 1 is 0.881 bits per heavy atom. The second-order valence-corrected chi connectivity index (χ2v) is 20.0. The van der Waals surface area contributed by atoms with Crippen molar-refractivity contribution in [3.8, 4) is 11.5 Å². The molecule has 3 fully saturated rings. The van der Waals surface area contributed by atoms with Crippen molar-refractivity contribution in [1.82, 2.24) is 39.7 Å². The van der Waals surface area contributed by atoms with E-state index in [0.29, 0.717) is 36.0 Å². The fourth-order valence-corrected chi connectivity index (χ4v) is 11.4. The second kappa shape index (κ2) is 21.2. The molecule has 1 saturated carbocycles. The van der Waals surface area contributed by atoms with Gasteiger partial charge in [-0.15, -0.1) is 15.3 Å². The summed E-state index contributed by atoms with van der Waals surface area (Å²) in [7, 11) is 3.49. The van der Waals surface area contributed by atoms with Crippen molar-refractivity contribution < 1.29 is 23.8 Å². The summed E-state index contributed by atoms with van der Waals surface area (Å²) in [5, 5.41) is 20.5. The summed E-state index contributed by atoms with van der Waals surface area (Å²) in [6.45, 7) is 15.0. The smallest absolute Gasteiger partial charge is 0.306 e. The number of carbonyl (C=O) groups excluding carboxylic acids is 2. The molecule has 15 nitrogen and oxygen atoms in total. The van der Waals surface area contributed by atoms with Gasteiger partial charge in [0.15, 0.2) is 11.5 Å². The van der Waals surface area contributed by atoms with E-state index in [4.69, 9.17) is 14.2 Å². The number of piperazine rings is 1. The lowest BCUT2D eigenvalue weighted by Crippen LogP contribution is -2.49. The molecule has 1 aliphatic carbocycles. The molecule has 4 aliphatic rings. The molecular formula is C51H66N10O5S. The Kier molecular flexibility index (Phi) is 14.8. The molecule has 0 spiro atoms. The SMILES string of the molecule is CCOC(=O)CC(c1ccc(C)c(CN2CC(C)Oc3cc(N4CCN(CC5CCN(c6ccc(C(=O)NC7CCCCC7)nn6)CC5)CC4)ccc3S2)c1)c1cc(OC)c2c(c1)nnn2C. The fraction of sp³-hybridized carbons (Fsp3) is 0.529. The summed E-state index contributed by atoms with van der Waals surface area (Å²) < 4.78 is 22.0. The van der Waals surface area contributed by atoms with E-state index in [-0.39, 0.29) is 36.4 Å². The van der Waals surface area contributed by atoms with Crippen molar-refractivity contribution in [2.24, 2.45) is 13.0 Å². The van der Waals surface area contributed by atoms with Gasteiger partial charge in [-0.3, -0.25) is 14.5 Å². The molecule has 1 N–H and O–H groups in total. The first-order valence-corrected chi connectivity index (χ1v) is 25.1. The van der Waals surface area contributed by atoms with Crippen LogP contribution in [-0.2, 0) is 23.1 Å². The number of aryl methyl sites for hydroxylation is 2. The average Bonchev–Trinajstić information content (AvgIpc) is 3.64. The number of piperidine rings is 1. The van der Waals surface area contributed by atoms with E-state index < -0.39 is 0 Å². The maximum absolute atomic E-state index is 13.1. The Morgan fingerprint density at radius 2 is 1.69 bits per heavy atom. The Labute approximate surface area is 399 Å². The van der Waals surface area contributed by atoms with E-state index in [0.717, 1.165) is 111 Å². The van der Waals surface area contributed by atoms with Crippen LogP contribution < -0.4 is 24.6 Å². The van der Waals surface area contributed by atoms with E-state index in [1.807, 2.05) is 38.2 Å². The highest BCUT2D eigenvalue weighted by Gasteiger charge is 2.29. The number of aromatic nitrogens is 5. The molecule has 0 bridgehead atoms. The third kappa shape index (κ3) is 11.1. The largest absolute Gasteiger partial charge is 0.494 e. The lowest BCUT2D eigenvalue weighted by molar-refractivity contribution is -0.143. The number of ether oxygens (including phenoxy) is 3. The van der Waals surface area contributed by atoms with Crippen LogP contribution in [0.25, 0.3) is 11.0 Å². The predicted molar refractivity (Wildman–Crippen MR) is 262 cm³/mol. The van der Waals surface area contributed by atoms with E-state index in [2.05, 4.69) is 95.1 Å². The molecule has 2 unspecified atom stereocenters. The molecular weight excluding hydrogens is 865 g/mol. The first kappa shape index (κ1) is 46.7. The zero-order valence-corrected chi connectivity index (χ0v) is 40.6. The van der Waals surface area contributed by atoms with Crippen molar-refractivity contribution in [3.05, 3.63) is 88.6 Å². The molecule has 356 valence electrons. The van der Waals surface area contributed by atoms with Gasteiger partial charge in [-0.1, -0.05) is 42.7 Å². The minimum atomic E-state index is -0.268. The lowest BCUT2D eigenvalue weighted by atomic mass is 9.86. The molecule has 5 heterocycles. The van der Waals surface area contributed by atoms with Gasteiger partial charge in [-0.05, 0) is 123 Å². The fourth-order valence-electron chi connectivity index (χ4n) is 10.3. The zero-order chi connectivity index (χ0) is 46.4. The number of hydrogen-bond acceptors (Lipinski definition) is 14. The van der Waals surface area contributed by atoms with Crippen LogP contribution in [0, 0.1) is 12.8 Å². The van der Waals surface area contributed by atoms with Crippen LogP contribution in [-0.4, -0.2) is 124 Å². The van der Waals surface area contributed by atoms with Gasteiger partial charge in [0.25, 0.3) is 5.91 Å². The number of hydrogen-bond donors (Lipinski definition) is 1. The molecule has 3 aliphatic heterocycles. The molecule has 67 heavy (non-hydrogen) atoms. The maximum Gasteiger partial charge on any atom is 0.306 e. The zero-order valence-electron chi connectivity index (χ0n) is 39.8. The van der Waals surface area contributed by atoms with Crippen LogP contribution in [0.1, 0.15) is 104 Å². The second-order valence-electron chi connectivity index (χ2n) is 18.8. The molecule has 1 amide bonds. The summed E-state index contributed by atoms with van der Waals surface area (Å²) in [4.78, 5) is 34.4. The van der Waals surface area contributed by atoms with E-state index >= 15 is 0 Å². The molecule has 2 atom stereocenters. The van der Waals surface area contributed by atoms with Gasteiger partial charge >= 0.3 is 5.97 Å². The number of nitrogens with zero attached hydrogens (tertiary/aromatic N) is 9. The lowest BCUT2D eigenvalue weighted by Gasteiger charge is -2.39. The number of benzene rings is 3. The summed E-state index contributed by atoms with van der Waals surface area (Å²) in [6.07, 6.45) is 8.15. The number of methoxy groups -OCH3 is 1. The van der Waals surface area contributed by atoms with Crippen molar-refractivity contribution in [2.45, 2.75) is 102 Å².